The summed E-state index contributed by atoms with van der Waals surface area (Å²) in [6.45, 7) is 4.08. The maximum absolute atomic E-state index is 13.9. The van der Waals surface area contributed by atoms with Crippen molar-refractivity contribution in [3.05, 3.63) is 64.7 Å². The zero-order valence-electron chi connectivity index (χ0n) is 26.9. The molecule has 0 unspecified atom stereocenters. The van der Waals surface area contributed by atoms with E-state index in [2.05, 4.69) is 15.5 Å². The molecule has 3 aliphatic heterocycles. The molecule has 0 spiro atoms. The van der Waals surface area contributed by atoms with E-state index in [1.165, 1.54) is 6.07 Å². The van der Waals surface area contributed by atoms with Gasteiger partial charge in [0.2, 0.25) is 5.91 Å². The summed E-state index contributed by atoms with van der Waals surface area (Å²) >= 11 is 0. The first kappa shape index (κ1) is 33.6. The number of piperidine rings is 2. The minimum absolute atomic E-state index is 0.0355. The van der Waals surface area contributed by atoms with Crippen LogP contribution in [0.2, 0.25) is 0 Å². The van der Waals surface area contributed by atoms with Crippen LogP contribution in [0.1, 0.15) is 54.9 Å². The number of benzene rings is 2. The Bertz CT molecular complexity index is 1400. The lowest BCUT2D eigenvalue weighted by Gasteiger charge is -2.39. The molecule has 3 aliphatic rings. The van der Waals surface area contributed by atoms with Crippen LogP contribution in [-0.2, 0) is 30.2 Å². The van der Waals surface area contributed by atoms with Crippen molar-refractivity contribution in [1.29, 1.82) is 0 Å². The second-order valence-corrected chi connectivity index (χ2v) is 12.8. The molecular weight excluding hydrogens is 597 g/mol. The van der Waals surface area contributed by atoms with Crippen molar-refractivity contribution in [2.45, 2.75) is 76.2 Å². The van der Waals surface area contributed by atoms with Gasteiger partial charge in [-0.3, -0.25) is 4.79 Å². The van der Waals surface area contributed by atoms with E-state index < -0.39 is 23.8 Å². The monoisotopic (exact) mass is 642 g/mol. The van der Waals surface area contributed by atoms with Gasteiger partial charge in [0.25, 0.3) is 0 Å². The van der Waals surface area contributed by atoms with Crippen LogP contribution < -0.4 is 10.6 Å². The second kappa shape index (κ2) is 14.3. The molecule has 0 bridgehead atoms. The summed E-state index contributed by atoms with van der Waals surface area (Å²) in [4.78, 5) is 47.8. The van der Waals surface area contributed by atoms with Crippen molar-refractivity contribution < 1.29 is 27.6 Å². The quantitative estimate of drug-likeness (QED) is 0.446. The highest BCUT2D eigenvalue weighted by Crippen LogP contribution is 2.33. The van der Waals surface area contributed by atoms with Gasteiger partial charge in [-0.2, -0.15) is 13.2 Å². The number of fused-ring (bicyclic) bond motifs is 1. The van der Waals surface area contributed by atoms with E-state index >= 15 is 0 Å². The Hall–Kier alpha value is -3.80. The van der Waals surface area contributed by atoms with Crippen LogP contribution in [-0.4, -0.2) is 103 Å². The number of para-hydroxylation sites is 1. The van der Waals surface area contributed by atoms with Crippen molar-refractivity contribution in [1.82, 2.24) is 24.9 Å². The number of anilines is 1. The number of amides is 5. The molecule has 3 heterocycles. The molecule has 250 valence electrons. The van der Waals surface area contributed by atoms with Gasteiger partial charge in [-0.1, -0.05) is 37.3 Å². The van der Waals surface area contributed by atoms with Crippen LogP contribution in [0.25, 0.3) is 0 Å². The lowest BCUT2D eigenvalue weighted by Crippen LogP contribution is -2.57. The van der Waals surface area contributed by atoms with E-state index in [0.29, 0.717) is 57.2 Å². The van der Waals surface area contributed by atoms with Crippen molar-refractivity contribution in [2.75, 3.05) is 52.1 Å². The molecule has 0 saturated carbocycles. The molecule has 2 aromatic rings. The summed E-state index contributed by atoms with van der Waals surface area (Å²) in [5.41, 5.74) is 1.74. The van der Waals surface area contributed by atoms with Gasteiger partial charge >= 0.3 is 18.2 Å². The number of likely N-dealkylation sites (tertiary alicyclic amines) is 2. The fourth-order valence-electron chi connectivity index (χ4n) is 6.94. The van der Waals surface area contributed by atoms with E-state index in [9.17, 15) is 27.6 Å². The fraction of sp³-hybridized carbons (Fsp3) is 0.559. The molecule has 2 fully saturated rings. The Balaban J connectivity index is 1.26. The Morgan fingerprint density at radius 3 is 2.30 bits per heavy atom. The van der Waals surface area contributed by atoms with Gasteiger partial charge in [0.1, 0.15) is 6.04 Å². The van der Waals surface area contributed by atoms with Gasteiger partial charge in [0, 0.05) is 56.9 Å². The van der Waals surface area contributed by atoms with E-state index in [-0.39, 0.29) is 36.4 Å². The van der Waals surface area contributed by atoms with E-state index in [4.69, 9.17) is 0 Å². The number of nitrogens with zero attached hydrogens (tertiary/aromatic N) is 4. The average Bonchev–Trinajstić information content (AvgIpc) is 3.21. The molecule has 2 N–H and O–H groups in total. The van der Waals surface area contributed by atoms with Crippen molar-refractivity contribution >= 4 is 23.7 Å². The van der Waals surface area contributed by atoms with Gasteiger partial charge in [0.05, 0.1) is 5.56 Å². The molecule has 2 saturated heterocycles. The topological polar surface area (TPSA) is 88.2 Å². The number of rotatable bonds is 7. The van der Waals surface area contributed by atoms with Gasteiger partial charge in [0.15, 0.2) is 0 Å². The first-order valence-electron chi connectivity index (χ1n) is 16.3. The van der Waals surface area contributed by atoms with Crippen LogP contribution in [0.15, 0.2) is 42.5 Å². The Morgan fingerprint density at radius 1 is 0.978 bits per heavy atom. The third-order valence-corrected chi connectivity index (χ3v) is 9.74. The average molecular weight is 643 g/mol. The highest BCUT2D eigenvalue weighted by molar-refractivity contribution is 5.91. The zero-order valence-corrected chi connectivity index (χ0v) is 26.9. The van der Waals surface area contributed by atoms with Crippen molar-refractivity contribution in [3.63, 3.8) is 0 Å². The minimum Gasteiger partial charge on any atom is -0.341 e. The predicted octanol–water partition coefficient (Wildman–Crippen LogP) is 5.00. The fourth-order valence-corrected chi connectivity index (χ4v) is 6.94. The number of hydrogen-bond donors (Lipinski definition) is 2. The van der Waals surface area contributed by atoms with Crippen molar-refractivity contribution in [2.24, 2.45) is 0 Å². The SMILES string of the molecule is CCc1ccc(C[C@@H](NC(=O)N2CCC(N3CCc4ccccc4NC3=O)CC2)C(=O)N2CCC(N(C)C)CC2)cc1C(F)(F)F. The van der Waals surface area contributed by atoms with E-state index in [0.717, 1.165) is 36.6 Å². The molecule has 0 aromatic heterocycles. The summed E-state index contributed by atoms with van der Waals surface area (Å²) < 4.78 is 41.6. The zero-order chi connectivity index (χ0) is 33.0. The standard InChI is InChI=1S/C34H45F3N6O3/c1-4-24-10-9-23(21-28(24)34(35,36)37)22-30(31(44)41-16-12-26(13-17-41)40(2)3)39-32(45)42-18-14-27(15-19-42)43-20-11-25-7-5-6-8-29(25)38-33(43)46/h5-10,21,26-27,30H,4,11-20,22H2,1-3H3,(H,38,46)(H,39,45)/t30-/m1/s1. The maximum atomic E-state index is 13.9. The number of urea groups is 2. The Labute approximate surface area is 269 Å². The highest BCUT2D eigenvalue weighted by Gasteiger charge is 2.36. The normalized spacial score (nSPS) is 19.0. The van der Waals surface area contributed by atoms with Crippen LogP contribution in [0, 0.1) is 0 Å². The Kier molecular flexibility index (Phi) is 10.4. The van der Waals surface area contributed by atoms with Gasteiger partial charge < -0.3 is 30.2 Å². The number of carbonyl (C=O) groups excluding carboxylic acids is 3. The van der Waals surface area contributed by atoms with Crippen LogP contribution in [0.3, 0.4) is 0 Å². The van der Waals surface area contributed by atoms with Crippen LogP contribution in [0.4, 0.5) is 28.4 Å². The highest BCUT2D eigenvalue weighted by atomic mass is 19.4. The number of aryl methyl sites for hydroxylation is 1. The molecule has 0 aliphatic carbocycles. The second-order valence-electron chi connectivity index (χ2n) is 12.8. The largest absolute Gasteiger partial charge is 0.416 e. The molecule has 5 rings (SSSR count). The first-order valence-corrected chi connectivity index (χ1v) is 16.3. The molecule has 2 aromatic carbocycles. The summed E-state index contributed by atoms with van der Waals surface area (Å²) in [6.07, 6.45) is -0.858. The smallest absolute Gasteiger partial charge is 0.341 e. The lowest BCUT2D eigenvalue weighted by molar-refractivity contribution is -0.138. The molecule has 5 amide bonds. The molecular formula is C34H45F3N6O3. The summed E-state index contributed by atoms with van der Waals surface area (Å²) in [5.74, 6) is -0.283. The third-order valence-electron chi connectivity index (χ3n) is 9.74. The van der Waals surface area contributed by atoms with Crippen LogP contribution >= 0.6 is 0 Å². The molecule has 0 radical (unpaired) electrons. The number of carbonyl (C=O) groups is 3. The van der Waals surface area contributed by atoms with E-state index in [1.807, 2.05) is 43.3 Å². The van der Waals surface area contributed by atoms with Crippen LogP contribution in [0.5, 0.6) is 0 Å². The maximum Gasteiger partial charge on any atom is 0.416 e. The van der Waals surface area contributed by atoms with Gasteiger partial charge in [-0.25, -0.2) is 9.59 Å². The third kappa shape index (κ3) is 7.76. The number of nitrogens with one attached hydrogen (secondary N) is 2. The lowest BCUT2D eigenvalue weighted by atomic mass is 9.96. The summed E-state index contributed by atoms with van der Waals surface area (Å²) in [6, 6.07) is 10.7. The van der Waals surface area contributed by atoms with E-state index in [1.54, 1.807) is 22.8 Å². The molecule has 12 heteroatoms. The number of alkyl halides is 3. The number of hydrogen-bond acceptors (Lipinski definition) is 4. The molecule has 1 atom stereocenters. The molecule has 9 nitrogen and oxygen atoms in total. The predicted molar refractivity (Wildman–Crippen MR) is 171 cm³/mol. The Morgan fingerprint density at radius 2 is 1.65 bits per heavy atom. The summed E-state index contributed by atoms with van der Waals surface area (Å²) in [7, 11) is 4.01. The van der Waals surface area contributed by atoms with Crippen molar-refractivity contribution in [3.8, 4) is 0 Å². The minimum atomic E-state index is -4.52. The number of halogens is 3. The van der Waals surface area contributed by atoms with Gasteiger partial charge in [-0.15, -0.1) is 0 Å². The van der Waals surface area contributed by atoms with Gasteiger partial charge in [-0.05, 0) is 81.4 Å². The molecule has 46 heavy (non-hydrogen) atoms. The first-order chi connectivity index (χ1) is 21.9. The summed E-state index contributed by atoms with van der Waals surface area (Å²) in [5, 5.41) is 5.89.